The molecule has 0 spiro atoms. The molecule has 5 rings (SSSR count). The lowest BCUT2D eigenvalue weighted by Crippen LogP contribution is -2.44. The van der Waals surface area contributed by atoms with E-state index in [1.165, 1.54) is 10.3 Å². The van der Waals surface area contributed by atoms with Crippen LogP contribution in [0.5, 0.6) is 0 Å². The molecule has 0 atom stereocenters. The summed E-state index contributed by atoms with van der Waals surface area (Å²) in [6.07, 6.45) is 3.42. The Hall–Kier alpha value is -2.55. The summed E-state index contributed by atoms with van der Waals surface area (Å²) in [5, 5.41) is 0.640. The van der Waals surface area contributed by atoms with Crippen molar-refractivity contribution in [1.82, 2.24) is 18.7 Å². The van der Waals surface area contributed by atoms with Gasteiger partial charge in [0.1, 0.15) is 12.1 Å². The van der Waals surface area contributed by atoms with Gasteiger partial charge >= 0.3 is 0 Å². The van der Waals surface area contributed by atoms with Crippen LogP contribution in [-0.2, 0) is 26.5 Å². The Balaban J connectivity index is 1.36. The molecule has 194 valence electrons. The molecule has 2 aromatic heterocycles. The quantitative estimate of drug-likeness (QED) is 0.303. The molecule has 9 nitrogen and oxygen atoms in total. The summed E-state index contributed by atoms with van der Waals surface area (Å²) in [6.45, 7) is 3.17. The number of anilines is 1. The lowest BCUT2D eigenvalue weighted by molar-refractivity contribution is 0.459. The third-order valence-corrected chi connectivity index (χ3v) is 10.9. The first-order chi connectivity index (χ1) is 17.7. The van der Waals surface area contributed by atoms with Crippen LogP contribution in [0.25, 0.3) is 11.0 Å². The monoisotopic (exact) mass is 651 g/mol. The van der Waals surface area contributed by atoms with Gasteiger partial charge in [-0.05, 0) is 77.7 Å². The van der Waals surface area contributed by atoms with Crippen molar-refractivity contribution in [2.45, 2.75) is 42.0 Å². The second kappa shape index (κ2) is 10.3. The molecule has 2 aromatic carbocycles. The van der Waals surface area contributed by atoms with E-state index in [-0.39, 0.29) is 15.8 Å². The predicted molar refractivity (Wildman–Crippen MR) is 151 cm³/mol. The molecule has 1 N–H and O–H groups in total. The van der Waals surface area contributed by atoms with Gasteiger partial charge in [0.05, 0.1) is 18.9 Å². The van der Waals surface area contributed by atoms with Crippen molar-refractivity contribution in [1.29, 1.82) is 0 Å². The number of aromatic nitrogens is 3. The number of hydrogen-bond acceptors (Lipinski definition) is 7. The first kappa shape index (κ1) is 26.1. The summed E-state index contributed by atoms with van der Waals surface area (Å²) >= 11 is 2.00. The van der Waals surface area contributed by atoms with Crippen molar-refractivity contribution in [3.05, 3.63) is 76.3 Å². The Bertz CT molecular complexity index is 1630. The fourth-order valence-electron chi connectivity index (χ4n) is 4.53. The van der Waals surface area contributed by atoms with Gasteiger partial charge in [0.15, 0.2) is 5.65 Å². The number of nitrogens with one attached hydrogen (secondary N) is 1. The van der Waals surface area contributed by atoms with E-state index in [1.807, 2.05) is 41.6 Å². The van der Waals surface area contributed by atoms with Crippen LogP contribution in [0.3, 0.4) is 0 Å². The molecule has 1 saturated heterocycles. The number of halogens is 1. The highest BCUT2D eigenvalue weighted by molar-refractivity contribution is 14.1. The topological polar surface area (TPSA) is 114 Å². The molecule has 4 aromatic rings. The number of aryl methyl sites for hydroxylation is 1. The molecule has 1 fully saturated rings. The van der Waals surface area contributed by atoms with Crippen molar-refractivity contribution >= 4 is 59.5 Å². The van der Waals surface area contributed by atoms with Gasteiger partial charge < -0.3 is 4.90 Å². The maximum atomic E-state index is 13.4. The van der Waals surface area contributed by atoms with Gasteiger partial charge in [-0.2, -0.15) is 0 Å². The Labute approximate surface area is 230 Å². The number of sulfonamides is 1. The molecule has 0 radical (unpaired) electrons. The van der Waals surface area contributed by atoms with Crippen LogP contribution in [0.1, 0.15) is 25.3 Å². The van der Waals surface area contributed by atoms with Gasteiger partial charge in [-0.15, -0.1) is 0 Å². The minimum atomic E-state index is -3.84. The SMILES string of the molecule is CCc1ccc(S(=O)(=O)NC2CCN(c3ncnc4c3cc(I)n4S(=O)(=O)c3ccccc3)CC2)cc1. The normalized spacial score (nSPS) is 15.4. The molecule has 0 unspecified atom stereocenters. The van der Waals surface area contributed by atoms with Gasteiger partial charge in [-0.25, -0.2) is 35.5 Å². The highest BCUT2D eigenvalue weighted by Gasteiger charge is 2.29. The van der Waals surface area contributed by atoms with E-state index in [0.717, 1.165) is 12.0 Å². The highest BCUT2D eigenvalue weighted by atomic mass is 127. The summed E-state index contributed by atoms with van der Waals surface area (Å²) in [5.41, 5.74) is 1.40. The van der Waals surface area contributed by atoms with Crippen molar-refractivity contribution < 1.29 is 16.8 Å². The second-order valence-corrected chi connectivity index (χ2v) is 13.5. The van der Waals surface area contributed by atoms with Crippen molar-refractivity contribution in [2.75, 3.05) is 18.0 Å². The van der Waals surface area contributed by atoms with E-state index in [1.54, 1.807) is 48.5 Å². The molecule has 37 heavy (non-hydrogen) atoms. The smallest absolute Gasteiger partial charge is 0.270 e. The Morgan fingerprint density at radius 2 is 1.62 bits per heavy atom. The maximum Gasteiger partial charge on any atom is 0.270 e. The van der Waals surface area contributed by atoms with Crippen LogP contribution in [0.15, 0.2) is 76.8 Å². The Morgan fingerprint density at radius 1 is 0.946 bits per heavy atom. The molecule has 3 heterocycles. The molecule has 1 aliphatic heterocycles. The standard InChI is InChI=1S/C25H26IN5O4S2/c1-2-18-8-10-20(11-9-18)36(32,33)29-19-12-14-30(15-13-19)24-22-16-23(26)31(25(22)28-17-27-24)37(34,35)21-6-4-3-5-7-21/h3-11,16-17,19,29H,2,12-15H2,1H3. The molecule has 0 amide bonds. The van der Waals surface area contributed by atoms with Crippen LogP contribution in [0.2, 0.25) is 0 Å². The van der Waals surface area contributed by atoms with Gasteiger partial charge in [-0.3, -0.25) is 0 Å². The minimum Gasteiger partial charge on any atom is -0.356 e. The largest absolute Gasteiger partial charge is 0.356 e. The fourth-order valence-corrected chi connectivity index (χ4v) is 8.52. The molecule has 1 aliphatic rings. The number of fused-ring (bicyclic) bond motifs is 1. The zero-order valence-electron chi connectivity index (χ0n) is 20.1. The van der Waals surface area contributed by atoms with Gasteiger partial charge in [0.2, 0.25) is 10.0 Å². The molecular weight excluding hydrogens is 625 g/mol. The van der Waals surface area contributed by atoms with E-state index in [0.29, 0.717) is 46.5 Å². The Kier molecular flexibility index (Phi) is 7.27. The van der Waals surface area contributed by atoms with Gasteiger partial charge in [0.25, 0.3) is 10.0 Å². The average molecular weight is 652 g/mol. The predicted octanol–water partition coefficient (Wildman–Crippen LogP) is 3.78. The summed E-state index contributed by atoms with van der Waals surface area (Å²) < 4.78 is 57.1. The first-order valence-corrected chi connectivity index (χ1v) is 15.9. The zero-order valence-corrected chi connectivity index (χ0v) is 23.9. The van der Waals surface area contributed by atoms with E-state index in [9.17, 15) is 16.8 Å². The number of nitrogens with zero attached hydrogens (tertiary/aromatic N) is 4. The molecule has 0 bridgehead atoms. The first-order valence-electron chi connectivity index (χ1n) is 11.9. The lowest BCUT2D eigenvalue weighted by atomic mass is 10.1. The lowest BCUT2D eigenvalue weighted by Gasteiger charge is -2.33. The average Bonchev–Trinajstić information content (AvgIpc) is 3.26. The molecule has 0 aliphatic carbocycles. The van der Waals surface area contributed by atoms with E-state index in [2.05, 4.69) is 19.6 Å². The van der Waals surface area contributed by atoms with Crippen LogP contribution >= 0.6 is 22.6 Å². The number of piperidine rings is 1. The number of hydrogen-bond donors (Lipinski definition) is 1. The molecular formula is C25H26IN5O4S2. The molecule has 12 heteroatoms. The van der Waals surface area contributed by atoms with Crippen LogP contribution in [0.4, 0.5) is 5.82 Å². The molecule has 0 saturated carbocycles. The van der Waals surface area contributed by atoms with Gasteiger partial charge in [-0.1, -0.05) is 37.3 Å². The number of benzene rings is 2. The van der Waals surface area contributed by atoms with Gasteiger partial charge in [0, 0.05) is 19.1 Å². The van der Waals surface area contributed by atoms with E-state index in [4.69, 9.17) is 0 Å². The van der Waals surface area contributed by atoms with Crippen LogP contribution in [0, 0.1) is 3.70 Å². The third-order valence-electron chi connectivity index (χ3n) is 6.53. The van der Waals surface area contributed by atoms with Crippen molar-refractivity contribution in [2.24, 2.45) is 0 Å². The van der Waals surface area contributed by atoms with Crippen molar-refractivity contribution in [3.8, 4) is 0 Å². The minimum absolute atomic E-state index is 0.183. The zero-order chi connectivity index (χ0) is 26.2. The summed E-state index contributed by atoms with van der Waals surface area (Å²) in [4.78, 5) is 11.3. The van der Waals surface area contributed by atoms with E-state index >= 15 is 0 Å². The third kappa shape index (κ3) is 5.11. The second-order valence-electron chi connectivity index (χ2n) is 8.86. The van der Waals surface area contributed by atoms with Crippen LogP contribution in [-0.4, -0.2) is 49.9 Å². The maximum absolute atomic E-state index is 13.4. The highest BCUT2D eigenvalue weighted by Crippen LogP contribution is 2.32. The summed E-state index contributed by atoms with van der Waals surface area (Å²) in [6, 6.07) is 16.8. The summed E-state index contributed by atoms with van der Waals surface area (Å²) in [5.74, 6) is 0.640. The fraction of sp³-hybridized carbons (Fsp3) is 0.280. The summed E-state index contributed by atoms with van der Waals surface area (Å²) in [7, 11) is -7.45. The Morgan fingerprint density at radius 3 is 2.27 bits per heavy atom. The van der Waals surface area contributed by atoms with Crippen molar-refractivity contribution in [3.63, 3.8) is 0 Å². The number of rotatable bonds is 7. The van der Waals surface area contributed by atoms with Crippen LogP contribution < -0.4 is 9.62 Å². The van der Waals surface area contributed by atoms with E-state index < -0.39 is 20.0 Å².